The maximum atomic E-state index is 12.8. The predicted octanol–water partition coefficient (Wildman–Crippen LogP) is 22.8. The van der Waals surface area contributed by atoms with Crippen LogP contribution in [0.2, 0.25) is 0 Å². The lowest BCUT2D eigenvalue weighted by molar-refractivity contribution is -0.166. The zero-order valence-electron chi connectivity index (χ0n) is 52.4. The molecule has 6 heteroatoms. The molecule has 458 valence electrons. The fourth-order valence-electron chi connectivity index (χ4n) is 8.33. The molecule has 1 atom stereocenters. The molecule has 6 nitrogen and oxygen atoms in total. The molecule has 82 heavy (non-hydrogen) atoms. The number of esters is 3. The minimum atomic E-state index is -0.850. The number of carbonyl (C=O) groups is 3. The third-order valence-electron chi connectivity index (χ3n) is 13.2. The summed E-state index contributed by atoms with van der Waals surface area (Å²) in [6, 6.07) is 0. The van der Waals surface area contributed by atoms with Crippen molar-refractivity contribution in [2.45, 2.75) is 264 Å². The van der Waals surface area contributed by atoms with E-state index in [-0.39, 0.29) is 31.6 Å². The van der Waals surface area contributed by atoms with Crippen LogP contribution in [0.5, 0.6) is 0 Å². The van der Waals surface area contributed by atoms with Gasteiger partial charge in [0.1, 0.15) is 13.2 Å². The summed E-state index contributed by atoms with van der Waals surface area (Å²) in [6.45, 7) is 6.29. The molecule has 0 aromatic carbocycles. The van der Waals surface area contributed by atoms with Crippen LogP contribution in [0.15, 0.2) is 182 Å². The molecule has 0 aromatic heterocycles. The largest absolute Gasteiger partial charge is 0.462 e. The molecule has 1 unspecified atom stereocenters. The zero-order valence-corrected chi connectivity index (χ0v) is 52.4. The molecular weight excluding hydrogens is 1010 g/mol. The fraction of sp³-hybridized carbons (Fsp3) is 0.566. The van der Waals surface area contributed by atoms with Gasteiger partial charge in [0.2, 0.25) is 0 Å². The molecule has 0 saturated carbocycles. The molecule has 0 spiro atoms. The van der Waals surface area contributed by atoms with Crippen molar-refractivity contribution in [2.24, 2.45) is 0 Å². The van der Waals surface area contributed by atoms with Gasteiger partial charge in [-0.1, -0.05) is 280 Å². The van der Waals surface area contributed by atoms with Crippen LogP contribution in [-0.4, -0.2) is 37.2 Å². The van der Waals surface area contributed by atoms with Crippen LogP contribution in [0, 0.1) is 0 Å². The lowest BCUT2D eigenvalue weighted by Gasteiger charge is -2.18. The first-order valence-electron chi connectivity index (χ1n) is 32.8. The summed E-state index contributed by atoms with van der Waals surface area (Å²) in [7, 11) is 0. The highest BCUT2D eigenvalue weighted by Crippen LogP contribution is 2.13. The zero-order chi connectivity index (χ0) is 59.2. The molecule has 0 aliphatic carbocycles. The Morgan fingerprint density at radius 3 is 0.817 bits per heavy atom. The average molecular weight is 1130 g/mol. The molecule has 0 heterocycles. The van der Waals surface area contributed by atoms with Gasteiger partial charge in [0.05, 0.1) is 6.42 Å². The first kappa shape index (κ1) is 76.5. The number of allylic oxidation sites excluding steroid dienone is 29. The molecule has 0 saturated heterocycles. The molecule has 0 radical (unpaired) electrons. The second-order valence-corrected chi connectivity index (χ2v) is 20.9. The number of hydrogen-bond acceptors (Lipinski definition) is 6. The number of carbonyl (C=O) groups excluding carboxylic acids is 3. The molecular formula is C76H118O6. The summed E-state index contributed by atoms with van der Waals surface area (Å²) < 4.78 is 16.8. The van der Waals surface area contributed by atoms with Gasteiger partial charge in [0.25, 0.3) is 0 Å². The third kappa shape index (κ3) is 65.3. The van der Waals surface area contributed by atoms with Crippen molar-refractivity contribution in [1.82, 2.24) is 0 Å². The Labute approximate surface area is 504 Å². The van der Waals surface area contributed by atoms with E-state index in [1.54, 1.807) is 6.08 Å². The van der Waals surface area contributed by atoms with E-state index < -0.39 is 12.1 Å². The van der Waals surface area contributed by atoms with E-state index in [9.17, 15) is 14.4 Å². The molecule has 0 aromatic rings. The monoisotopic (exact) mass is 1130 g/mol. The topological polar surface area (TPSA) is 78.9 Å². The lowest BCUT2D eigenvalue weighted by Crippen LogP contribution is -2.30. The van der Waals surface area contributed by atoms with Crippen molar-refractivity contribution in [3.05, 3.63) is 182 Å². The maximum Gasteiger partial charge on any atom is 0.310 e. The quantitative estimate of drug-likeness (QED) is 0.0261. The molecule has 0 N–H and O–H groups in total. The van der Waals surface area contributed by atoms with Crippen molar-refractivity contribution < 1.29 is 28.6 Å². The van der Waals surface area contributed by atoms with Crippen LogP contribution in [0.1, 0.15) is 258 Å². The van der Waals surface area contributed by atoms with Gasteiger partial charge in [-0.25, -0.2) is 0 Å². The Kier molecular flexibility index (Phi) is 63.5. The van der Waals surface area contributed by atoms with E-state index in [1.807, 2.05) is 6.08 Å². The van der Waals surface area contributed by atoms with Crippen LogP contribution in [0.3, 0.4) is 0 Å². The van der Waals surface area contributed by atoms with Crippen molar-refractivity contribution in [3.63, 3.8) is 0 Å². The first-order valence-corrected chi connectivity index (χ1v) is 32.8. The summed E-state index contributed by atoms with van der Waals surface area (Å²) in [5, 5.41) is 0. The Morgan fingerprint density at radius 1 is 0.268 bits per heavy atom. The van der Waals surface area contributed by atoms with E-state index in [1.165, 1.54) is 64.2 Å². The minimum absolute atomic E-state index is 0.0847. The van der Waals surface area contributed by atoms with Gasteiger partial charge in [-0.2, -0.15) is 0 Å². The molecule has 0 amide bonds. The van der Waals surface area contributed by atoms with E-state index in [4.69, 9.17) is 14.2 Å². The number of rotatable bonds is 57. The fourth-order valence-corrected chi connectivity index (χ4v) is 8.33. The lowest BCUT2D eigenvalue weighted by atomic mass is 10.1. The second-order valence-electron chi connectivity index (χ2n) is 20.9. The second kappa shape index (κ2) is 68.0. The van der Waals surface area contributed by atoms with Crippen molar-refractivity contribution in [2.75, 3.05) is 13.2 Å². The highest BCUT2D eigenvalue weighted by Gasteiger charge is 2.19. The molecule has 0 bridgehead atoms. The van der Waals surface area contributed by atoms with E-state index in [2.05, 4.69) is 191 Å². The molecule has 0 aliphatic heterocycles. The SMILES string of the molecule is CC/C=C\C/C=C\C/C=C\C/C=C\C/C=C\C/C=C\C/C=C\C/C=C\C/C=C\CCCCCCCCCC(=O)OCC(COC(=O)CCCCCCC/C=C\CCCCCCC)OC(=O)C/C=C\C/C=C\C/C=C\C/C=C\C/C=C\CC. The molecule has 0 aliphatic rings. The van der Waals surface area contributed by atoms with Gasteiger partial charge in [0, 0.05) is 12.8 Å². The molecule has 0 fully saturated rings. The third-order valence-corrected chi connectivity index (χ3v) is 13.2. The van der Waals surface area contributed by atoms with E-state index in [0.29, 0.717) is 19.3 Å². The Hall–Kier alpha value is -5.49. The Morgan fingerprint density at radius 2 is 0.512 bits per heavy atom. The Bertz CT molecular complexity index is 1920. The van der Waals surface area contributed by atoms with Crippen LogP contribution in [0.4, 0.5) is 0 Å². The smallest absolute Gasteiger partial charge is 0.310 e. The van der Waals surface area contributed by atoms with Gasteiger partial charge in [0.15, 0.2) is 6.10 Å². The van der Waals surface area contributed by atoms with Crippen LogP contribution in [0.25, 0.3) is 0 Å². The van der Waals surface area contributed by atoms with Gasteiger partial charge >= 0.3 is 17.9 Å². The van der Waals surface area contributed by atoms with Gasteiger partial charge in [-0.15, -0.1) is 0 Å². The van der Waals surface area contributed by atoms with E-state index >= 15 is 0 Å². The summed E-state index contributed by atoms with van der Waals surface area (Å²) in [4.78, 5) is 38.2. The summed E-state index contributed by atoms with van der Waals surface area (Å²) in [5.41, 5.74) is 0. The summed E-state index contributed by atoms with van der Waals surface area (Å²) >= 11 is 0. The van der Waals surface area contributed by atoms with Crippen LogP contribution < -0.4 is 0 Å². The van der Waals surface area contributed by atoms with Crippen LogP contribution >= 0.6 is 0 Å². The normalized spacial score (nSPS) is 13.4. The standard InChI is InChI=1S/C76H118O6/c1-4-7-10-13-16-19-22-25-28-29-30-31-32-33-34-35-36-37-38-39-40-41-42-43-44-45-46-47-49-51-54-57-60-63-66-69-75(78)81-72-73(71-80-74(77)68-65-62-59-56-53-50-27-24-21-18-15-12-9-6-3)82-76(79)70-67-64-61-58-55-52-48-26-23-20-17-14-11-8-5-2/h7-8,10-11,16-17,19-20,24-28,30-31,33-34,36-37,39-40,42-43,45-46,48,55,58,64,67,73H,4-6,9,12-15,18,21-23,29,32,35,38,41,44,47,49-54,56-57,59-63,65-66,68-72H2,1-3H3/b10-7-,11-8-,19-16-,20-17-,27-24-,28-25-,31-30-,34-33-,37-36-,40-39-,43-42-,46-45-,48-26-,58-55-,67-64-. The highest BCUT2D eigenvalue weighted by molar-refractivity contribution is 5.72. The van der Waals surface area contributed by atoms with E-state index in [0.717, 1.165) is 148 Å². The number of hydrogen-bond donors (Lipinski definition) is 0. The van der Waals surface area contributed by atoms with Gasteiger partial charge in [-0.05, 0) is 141 Å². The molecule has 0 rings (SSSR count). The summed E-state index contributed by atoms with van der Waals surface area (Å²) in [5.74, 6) is -1.09. The van der Waals surface area contributed by atoms with Gasteiger partial charge in [-0.3, -0.25) is 14.4 Å². The number of unbranched alkanes of at least 4 members (excludes halogenated alkanes) is 17. The van der Waals surface area contributed by atoms with Crippen molar-refractivity contribution in [1.29, 1.82) is 0 Å². The number of ether oxygens (including phenoxy) is 3. The van der Waals surface area contributed by atoms with Crippen molar-refractivity contribution in [3.8, 4) is 0 Å². The Balaban J connectivity index is 4.36. The van der Waals surface area contributed by atoms with Crippen molar-refractivity contribution >= 4 is 17.9 Å². The summed E-state index contributed by atoms with van der Waals surface area (Å²) in [6.07, 6.45) is 102. The highest BCUT2D eigenvalue weighted by atomic mass is 16.6. The first-order chi connectivity index (χ1) is 40.5. The maximum absolute atomic E-state index is 12.8. The van der Waals surface area contributed by atoms with Gasteiger partial charge < -0.3 is 14.2 Å². The van der Waals surface area contributed by atoms with Crippen LogP contribution in [-0.2, 0) is 28.6 Å². The predicted molar refractivity (Wildman–Crippen MR) is 357 cm³/mol. The minimum Gasteiger partial charge on any atom is -0.462 e. The average Bonchev–Trinajstić information content (AvgIpc) is 3.48.